The number of rotatable bonds is 10. The average molecular weight is 463 g/mol. The average Bonchev–Trinajstić information content (AvgIpc) is 3.15. The van der Waals surface area contributed by atoms with E-state index in [1.54, 1.807) is 36.5 Å². The van der Waals surface area contributed by atoms with Gasteiger partial charge in [0.25, 0.3) is 5.91 Å². The Morgan fingerprint density at radius 1 is 1.16 bits per heavy atom. The van der Waals surface area contributed by atoms with Gasteiger partial charge in [-0.1, -0.05) is 25.2 Å². The molecule has 2 heterocycles. The molecule has 1 aromatic carbocycles. The zero-order chi connectivity index (χ0) is 22.4. The number of sulfonamides is 1. The van der Waals surface area contributed by atoms with Crippen LogP contribution in [0, 0.1) is 0 Å². The summed E-state index contributed by atoms with van der Waals surface area (Å²) in [4.78, 5) is 21.4. The summed E-state index contributed by atoms with van der Waals surface area (Å²) in [6.07, 6.45) is 3.05. The smallest absolute Gasteiger partial charge is 0.262 e. The first kappa shape index (κ1) is 23.1. The second kappa shape index (κ2) is 10.2. The fourth-order valence-corrected chi connectivity index (χ4v) is 5.72. The number of amides is 1. The minimum absolute atomic E-state index is 0.231. The van der Waals surface area contributed by atoms with Gasteiger partial charge in [0.15, 0.2) is 5.13 Å². The van der Waals surface area contributed by atoms with Gasteiger partial charge in [-0.15, -0.1) is 0 Å². The van der Waals surface area contributed by atoms with Crippen molar-refractivity contribution in [2.45, 2.75) is 38.5 Å². The third kappa shape index (κ3) is 5.20. The van der Waals surface area contributed by atoms with Crippen molar-refractivity contribution in [2.24, 2.45) is 0 Å². The molecular weight excluding hydrogens is 436 g/mol. The molecule has 166 valence electrons. The molecule has 0 unspecified atom stereocenters. The largest absolute Gasteiger partial charge is 0.477 e. The van der Waals surface area contributed by atoms with E-state index in [0.29, 0.717) is 40.6 Å². The minimum atomic E-state index is -3.59. The molecule has 0 saturated heterocycles. The van der Waals surface area contributed by atoms with E-state index in [9.17, 15) is 13.2 Å². The molecule has 8 nitrogen and oxygen atoms in total. The number of hydrogen-bond acceptors (Lipinski definition) is 7. The Bertz CT molecular complexity index is 1160. The van der Waals surface area contributed by atoms with E-state index in [-0.39, 0.29) is 16.7 Å². The fourth-order valence-electron chi connectivity index (χ4n) is 3.10. The van der Waals surface area contributed by atoms with Crippen molar-refractivity contribution in [1.82, 2.24) is 14.3 Å². The van der Waals surface area contributed by atoms with Gasteiger partial charge in [0, 0.05) is 19.3 Å². The van der Waals surface area contributed by atoms with Crippen LogP contribution < -0.4 is 10.1 Å². The Labute approximate surface area is 186 Å². The third-order valence-electron chi connectivity index (χ3n) is 4.46. The standard InChI is InChI=1S/C21H26N4O4S2/c1-4-12-25(13-5-2)31(27,28)15-9-10-17-18(14-15)30-21(23-17)24-19(26)16-8-7-11-22-20(16)29-6-3/h7-11,14H,4-6,12-13H2,1-3H3,(H,23,24,26). The molecule has 31 heavy (non-hydrogen) atoms. The second-order valence-corrected chi connectivity index (χ2v) is 9.76. The Hall–Kier alpha value is -2.56. The molecule has 0 spiro atoms. The van der Waals surface area contributed by atoms with Crippen molar-refractivity contribution in [2.75, 3.05) is 25.0 Å². The first-order chi connectivity index (χ1) is 14.9. The summed E-state index contributed by atoms with van der Waals surface area (Å²) in [5, 5.41) is 3.13. The maximum Gasteiger partial charge on any atom is 0.262 e. The summed E-state index contributed by atoms with van der Waals surface area (Å²) >= 11 is 1.22. The van der Waals surface area contributed by atoms with Crippen LogP contribution in [0.25, 0.3) is 10.2 Å². The van der Waals surface area contributed by atoms with Crippen molar-refractivity contribution < 1.29 is 17.9 Å². The number of carbonyl (C=O) groups excluding carboxylic acids is 1. The van der Waals surface area contributed by atoms with Crippen molar-refractivity contribution >= 4 is 42.6 Å². The van der Waals surface area contributed by atoms with Crippen LogP contribution in [0.2, 0.25) is 0 Å². The van der Waals surface area contributed by atoms with Crippen LogP contribution in [-0.4, -0.2) is 48.3 Å². The number of nitrogens with zero attached hydrogens (tertiary/aromatic N) is 3. The Morgan fingerprint density at radius 2 is 1.90 bits per heavy atom. The number of ether oxygens (including phenoxy) is 1. The summed E-state index contributed by atoms with van der Waals surface area (Å²) in [6, 6.07) is 8.13. The molecule has 10 heteroatoms. The predicted molar refractivity (Wildman–Crippen MR) is 122 cm³/mol. The number of nitrogens with one attached hydrogen (secondary N) is 1. The minimum Gasteiger partial charge on any atom is -0.477 e. The van der Waals surface area contributed by atoms with Gasteiger partial charge in [0.2, 0.25) is 15.9 Å². The lowest BCUT2D eigenvalue weighted by Crippen LogP contribution is -2.32. The number of carbonyl (C=O) groups is 1. The molecule has 0 fully saturated rings. The van der Waals surface area contributed by atoms with Gasteiger partial charge >= 0.3 is 0 Å². The highest BCUT2D eigenvalue weighted by Crippen LogP contribution is 2.30. The molecule has 1 N–H and O–H groups in total. The Kier molecular flexibility index (Phi) is 7.58. The number of hydrogen-bond donors (Lipinski definition) is 1. The molecular formula is C21H26N4O4S2. The number of thiazole rings is 1. The molecule has 0 bridgehead atoms. The number of benzene rings is 1. The van der Waals surface area contributed by atoms with E-state index in [0.717, 1.165) is 12.8 Å². The van der Waals surface area contributed by atoms with Crippen LogP contribution in [0.1, 0.15) is 44.0 Å². The van der Waals surface area contributed by atoms with E-state index in [4.69, 9.17) is 4.74 Å². The Balaban J connectivity index is 1.87. The highest BCUT2D eigenvalue weighted by atomic mass is 32.2. The fraction of sp³-hybridized carbons (Fsp3) is 0.381. The molecule has 0 aliphatic carbocycles. The highest BCUT2D eigenvalue weighted by molar-refractivity contribution is 7.89. The molecule has 2 aromatic heterocycles. The molecule has 0 radical (unpaired) electrons. The van der Waals surface area contributed by atoms with Gasteiger partial charge in [-0.05, 0) is 50.1 Å². The maximum absolute atomic E-state index is 13.0. The number of aromatic nitrogens is 2. The monoisotopic (exact) mass is 462 g/mol. The van der Waals surface area contributed by atoms with Crippen LogP contribution in [0.4, 0.5) is 5.13 Å². The summed E-state index contributed by atoms with van der Waals surface area (Å²) in [7, 11) is -3.59. The lowest BCUT2D eigenvalue weighted by Gasteiger charge is -2.20. The zero-order valence-corrected chi connectivity index (χ0v) is 19.4. The molecule has 3 aromatic rings. The lowest BCUT2D eigenvalue weighted by atomic mass is 10.2. The van der Waals surface area contributed by atoms with Crippen molar-refractivity contribution in [3.63, 3.8) is 0 Å². The Morgan fingerprint density at radius 3 is 2.58 bits per heavy atom. The van der Waals surface area contributed by atoms with E-state index < -0.39 is 10.0 Å². The molecule has 1 amide bonds. The first-order valence-electron chi connectivity index (χ1n) is 10.2. The molecule has 3 rings (SSSR count). The number of pyridine rings is 1. The van der Waals surface area contributed by atoms with Crippen LogP contribution in [0.3, 0.4) is 0 Å². The molecule has 0 aliphatic rings. The SMILES string of the molecule is CCCN(CCC)S(=O)(=O)c1ccc2nc(NC(=O)c3cccnc3OCC)sc2c1. The van der Waals surface area contributed by atoms with Gasteiger partial charge < -0.3 is 4.74 Å². The zero-order valence-electron chi connectivity index (χ0n) is 17.8. The summed E-state index contributed by atoms with van der Waals surface area (Å²) in [5.74, 6) is -0.135. The van der Waals surface area contributed by atoms with Crippen molar-refractivity contribution in [3.05, 3.63) is 42.1 Å². The quantitative estimate of drug-likeness (QED) is 0.486. The highest BCUT2D eigenvalue weighted by Gasteiger charge is 2.24. The van der Waals surface area contributed by atoms with Crippen LogP contribution >= 0.6 is 11.3 Å². The van der Waals surface area contributed by atoms with E-state index in [2.05, 4.69) is 15.3 Å². The van der Waals surface area contributed by atoms with Gasteiger partial charge in [-0.25, -0.2) is 18.4 Å². The topological polar surface area (TPSA) is 101 Å². The second-order valence-electron chi connectivity index (χ2n) is 6.80. The number of fused-ring (bicyclic) bond motifs is 1. The predicted octanol–water partition coefficient (Wildman–Crippen LogP) is 4.15. The number of anilines is 1. The normalized spacial score (nSPS) is 11.7. The van der Waals surface area contributed by atoms with Gasteiger partial charge in [-0.2, -0.15) is 4.31 Å². The van der Waals surface area contributed by atoms with Gasteiger partial charge in [0.05, 0.1) is 21.7 Å². The van der Waals surface area contributed by atoms with Crippen LogP contribution in [0.15, 0.2) is 41.4 Å². The summed E-state index contributed by atoms with van der Waals surface area (Å²) < 4.78 is 33.7. The van der Waals surface area contributed by atoms with E-state index in [1.807, 2.05) is 20.8 Å². The van der Waals surface area contributed by atoms with E-state index >= 15 is 0 Å². The van der Waals surface area contributed by atoms with E-state index in [1.165, 1.54) is 15.6 Å². The van der Waals surface area contributed by atoms with Crippen LogP contribution in [-0.2, 0) is 10.0 Å². The van der Waals surface area contributed by atoms with Gasteiger partial charge in [0.1, 0.15) is 5.56 Å². The maximum atomic E-state index is 13.0. The summed E-state index contributed by atoms with van der Waals surface area (Å²) in [6.45, 7) is 7.08. The molecule has 0 aliphatic heterocycles. The summed E-state index contributed by atoms with van der Waals surface area (Å²) in [5.41, 5.74) is 0.926. The first-order valence-corrected chi connectivity index (χ1v) is 12.5. The van der Waals surface area contributed by atoms with Crippen molar-refractivity contribution in [1.29, 1.82) is 0 Å². The third-order valence-corrected chi connectivity index (χ3v) is 7.29. The molecule has 0 saturated carbocycles. The van der Waals surface area contributed by atoms with Crippen LogP contribution in [0.5, 0.6) is 5.88 Å². The van der Waals surface area contributed by atoms with Crippen molar-refractivity contribution in [3.8, 4) is 5.88 Å². The molecule has 0 atom stereocenters. The lowest BCUT2D eigenvalue weighted by molar-refractivity contribution is 0.102. The van der Waals surface area contributed by atoms with Gasteiger partial charge in [-0.3, -0.25) is 10.1 Å².